The molecule has 94 valence electrons. The van der Waals surface area contributed by atoms with Crippen LogP contribution in [0.5, 0.6) is 0 Å². The predicted molar refractivity (Wildman–Crippen MR) is 57.1 cm³/mol. The highest BCUT2D eigenvalue weighted by Gasteiger charge is 2.29. The van der Waals surface area contributed by atoms with Crippen molar-refractivity contribution < 1.29 is 17.9 Å². The third-order valence-electron chi connectivity index (χ3n) is 3.02. The number of hydrogen-bond acceptors (Lipinski definition) is 2. The van der Waals surface area contributed by atoms with E-state index in [1.165, 1.54) is 0 Å². The van der Waals surface area contributed by atoms with Crippen molar-refractivity contribution in [3.63, 3.8) is 0 Å². The van der Waals surface area contributed by atoms with Gasteiger partial charge >= 0.3 is 0 Å². The smallest absolute Gasteiger partial charge is 0.161 e. The van der Waals surface area contributed by atoms with Gasteiger partial charge in [-0.25, -0.2) is 13.2 Å². The molecule has 1 aromatic rings. The second-order valence-electron chi connectivity index (χ2n) is 4.11. The van der Waals surface area contributed by atoms with E-state index in [0.717, 1.165) is 18.9 Å². The Bertz CT molecular complexity index is 405. The van der Waals surface area contributed by atoms with Gasteiger partial charge in [0.25, 0.3) is 0 Å². The second-order valence-corrected chi connectivity index (χ2v) is 4.11. The van der Waals surface area contributed by atoms with Crippen molar-refractivity contribution in [1.82, 2.24) is 5.32 Å². The van der Waals surface area contributed by atoms with E-state index in [4.69, 9.17) is 4.74 Å². The monoisotopic (exact) mass is 245 g/mol. The van der Waals surface area contributed by atoms with E-state index < -0.39 is 23.5 Å². The van der Waals surface area contributed by atoms with Crippen LogP contribution in [0.2, 0.25) is 0 Å². The van der Waals surface area contributed by atoms with E-state index >= 15 is 0 Å². The largest absolute Gasteiger partial charge is 0.376 e. The van der Waals surface area contributed by atoms with Crippen molar-refractivity contribution in [3.05, 3.63) is 35.1 Å². The Balaban J connectivity index is 2.32. The molecule has 1 saturated heterocycles. The van der Waals surface area contributed by atoms with Crippen molar-refractivity contribution >= 4 is 0 Å². The number of rotatable bonds is 3. The summed E-state index contributed by atoms with van der Waals surface area (Å²) >= 11 is 0. The summed E-state index contributed by atoms with van der Waals surface area (Å²) < 4.78 is 45.0. The highest BCUT2D eigenvalue weighted by molar-refractivity contribution is 5.24. The van der Waals surface area contributed by atoms with Gasteiger partial charge in [0, 0.05) is 18.2 Å². The number of ether oxygens (including phenoxy) is 1. The average Bonchev–Trinajstić information content (AvgIpc) is 2.80. The van der Waals surface area contributed by atoms with E-state index in [1.807, 2.05) is 0 Å². The van der Waals surface area contributed by atoms with Gasteiger partial charge in [-0.3, -0.25) is 0 Å². The van der Waals surface area contributed by atoms with Gasteiger partial charge in [-0.2, -0.15) is 0 Å². The van der Waals surface area contributed by atoms with Crippen LogP contribution in [-0.4, -0.2) is 19.8 Å². The molecule has 0 saturated carbocycles. The third kappa shape index (κ3) is 2.45. The van der Waals surface area contributed by atoms with E-state index in [-0.39, 0.29) is 11.7 Å². The summed E-state index contributed by atoms with van der Waals surface area (Å²) in [6.45, 7) is 0.619. The molecule has 2 unspecified atom stereocenters. The molecule has 0 amide bonds. The summed E-state index contributed by atoms with van der Waals surface area (Å²) in [5.74, 6) is -2.97. The minimum absolute atomic E-state index is 0.110. The lowest BCUT2D eigenvalue weighted by atomic mass is 9.98. The SMILES string of the molecule is CNC(c1cc(F)c(F)cc1F)C1CCCO1. The number of halogens is 3. The molecule has 1 fully saturated rings. The van der Waals surface area contributed by atoms with Gasteiger partial charge in [0.15, 0.2) is 11.6 Å². The summed E-state index contributed by atoms with van der Waals surface area (Å²) in [7, 11) is 1.65. The van der Waals surface area contributed by atoms with Crippen molar-refractivity contribution in [2.24, 2.45) is 0 Å². The van der Waals surface area contributed by atoms with Gasteiger partial charge in [0.1, 0.15) is 5.82 Å². The fourth-order valence-electron chi connectivity index (χ4n) is 2.18. The molecule has 0 bridgehead atoms. The Kier molecular flexibility index (Phi) is 3.69. The van der Waals surface area contributed by atoms with Gasteiger partial charge in [-0.1, -0.05) is 0 Å². The molecule has 2 rings (SSSR count). The van der Waals surface area contributed by atoms with Crippen LogP contribution in [0, 0.1) is 17.5 Å². The van der Waals surface area contributed by atoms with Gasteiger partial charge in [-0.05, 0) is 26.0 Å². The molecular formula is C12H14F3NO. The molecule has 2 atom stereocenters. The van der Waals surface area contributed by atoms with Crippen LogP contribution in [0.25, 0.3) is 0 Å². The number of hydrogen-bond donors (Lipinski definition) is 1. The van der Waals surface area contributed by atoms with Crippen LogP contribution in [0.1, 0.15) is 24.4 Å². The van der Waals surface area contributed by atoms with E-state index in [1.54, 1.807) is 7.05 Å². The molecule has 1 aliphatic heterocycles. The Morgan fingerprint density at radius 3 is 2.53 bits per heavy atom. The lowest BCUT2D eigenvalue weighted by molar-refractivity contribution is 0.0795. The quantitative estimate of drug-likeness (QED) is 0.826. The zero-order chi connectivity index (χ0) is 12.4. The molecule has 17 heavy (non-hydrogen) atoms. The minimum atomic E-state index is -1.17. The van der Waals surface area contributed by atoms with E-state index in [0.29, 0.717) is 12.7 Å². The molecule has 1 aliphatic rings. The van der Waals surface area contributed by atoms with Gasteiger partial charge < -0.3 is 10.1 Å². The fraction of sp³-hybridized carbons (Fsp3) is 0.500. The zero-order valence-electron chi connectivity index (χ0n) is 9.47. The van der Waals surface area contributed by atoms with Gasteiger partial charge in [-0.15, -0.1) is 0 Å². The van der Waals surface area contributed by atoms with Crippen LogP contribution in [0.15, 0.2) is 12.1 Å². The highest BCUT2D eigenvalue weighted by atomic mass is 19.2. The molecule has 0 aromatic heterocycles. The average molecular weight is 245 g/mol. The molecule has 1 aromatic carbocycles. The Hall–Kier alpha value is -1.07. The predicted octanol–water partition coefficient (Wildman–Crippen LogP) is 2.54. The molecule has 1 heterocycles. The Labute approximate surface area is 97.8 Å². The number of benzene rings is 1. The van der Waals surface area contributed by atoms with Crippen LogP contribution < -0.4 is 5.32 Å². The van der Waals surface area contributed by atoms with Gasteiger partial charge in [0.05, 0.1) is 12.1 Å². The van der Waals surface area contributed by atoms with Crippen LogP contribution in [0.4, 0.5) is 13.2 Å². The van der Waals surface area contributed by atoms with E-state index in [9.17, 15) is 13.2 Å². The van der Waals surface area contributed by atoms with E-state index in [2.05, 4.69) is 5.32 Å². The minimum Gasteiger partial charge on any atom is -0.376 e. The normalized spacial score (nSPS) is 21.8. The molecule has 5 heteroatoms. The molecular weight excluding hydrogens is 231 g/mol. The van der Waals surface area contributed by atoms with Crippen LogP contribution in [0.3, 0.4) is 0 Å². The first kappa shape index (κ1) is 12.4. The Morgan fingerprint density at radius 1 is 1.24 bits per heavy atom. The standard InChI is InChI=1S/C12H14F3NO/c1-16-12(11-3-2-4-17-11)7-5-9(14)10(15)6-8(7)13/h5-6,11-12,16H,2-4H2,1H3. The molecule has 0 radical (unpaired) electrons. The van der Waals surface area contributed by atoms with Crippen molar-refractivity contribution in [1.29, 1.82) is 0 Å². The third-order valence-corrected chi connectivity index (χ3v) is 3.02. The summed E-state index contributed by atoms with van der Waals surface area (Å²) in [4.78, 5) is 0. The Morgan fingerprint density at radius 2 is 1.94 bits per heavy atom. The number of likely N-dealkylation sites (N-methyl/N-ethyl adjacent to an activating group) is 1. The fourth-order valence-corrected chi connectivity index (χ4v) is 2.18. The van der Waals surface area contributed by atoms with Gasteiger partial charge in [0.2, 0.25) is 0 Å². The summed E-state index contributed by atoms with van der Waals surface area (Å²) in [5, 5.41) is 2.89. The van der Waals surface area contributed by atoms with Crippen LogP contribution >= 0.6 is 0 Å². The summed E-state index contributed by atoms with van der Waals surface area (Å²) in [6.07, 6.45) is 1.48. The van der Waals surface area contributed by atoms with Crippen molar-refractivity contribution in [2.75, 3.05) is 13.7 Å². The molecule has 0 aliphatic carbocycles. The maximum absolute atomic E-state index is 13.6. The van der Waals surface area contributed by atoms with Crippen LogP contribution in [-0.2, 0) is 4.74 Å². The number of nitrogens with one attached hydrogen (secondary N) is 1. The lowest BCUT2D eigenvalue weighted by Gasteiger charge is -2.23. The topological polar surface area (TPSA) is 21.3 Å². The molecule has 2 nitrogen and oxygen atoms in total. The van der Waals surface area contributed by atoms with Crippen molar-refractivity contribution in [2.45, 2.75) is 25.0 Å². The summed E-state index contributed by atoms with van der Waals surface area (Å²) in [5.41, 5.74) is 0.110. The first-order valence-electron chi connectivity index (χ1n) is 5.56. The van der Waals surface area contributed by atoms with Crippen molar-refractivity contribution in [3.8, 4) is 0 Å². The second kappa shape index (κ2) is 5.06. The summed E-state index contributed by atoms with van der Waals surface area (Å²) in [6, 6.07) is 1.02. The molecule has 1 N–H and O–H groups in total. The maximum Gasteiger partial charge on any atom is 0.161 e. The maximum atomic E-state index is 13.6. The molecule has 0 spiro atoms. The first-order valence-corrected chi connectivity index (χ1v) is 5.56. The highest BCUT2D eigenvalue weighted by Crippen LogP contribution is 2.29. The lowest BCUT2D eigenvalue weighted by Crippen LogP contribution is -2.30. The first-order chi connectivity index (χ1) is 8.13. The zero-order valence-corrected chi connectivity index (χ0v) is 9.47.